The lowest BCUT2D eigenvalue weighted by atomic mass is 9.70. The number of epoxide rings is 1. The molecule has 216 valence electrons. The van der Waals surface area contributed by atoms with Gasteiger partial charge < -0.3 is 25.6 Å². The molecule has 3 unspecified atom stereocenters. The van der Waals surface area contributed by atoms with Gasteiger partial charge in [0.25, 0.3) is 5.91 Å². The maximum Gasteiger partial charge on any atom is 0.252 e. The number of hydroxylamine groups is 2. The number of aliphatic hydroxyl groups excluding tert-OH is 1. The average Bonchev–Trinajstić information content (AvgIpc) is 3.69. The van der Waals surface area contributed by atoms with Crippen molar-refractivity contribution >= 4 is 23.4 Å². The molecule has 0 aromatic heterocycles. The van der Waals surface area contributed by atoms with Crippen LogP contribution in [0.5, 0.6) is 5.75 Å². The summed E-state index contributed by atoms with van der Waals surface area (Å²) in [5.41, 5.74) is 7.56. The van der Waals surface area contributed by atoms with E-state index in [2.05, 4.69) is 17.2 Å². The second-order valence-corrected chi connectivity index (χ2v) is 11.1. The molecule has 6 atom stereocenters. The Labute approximate surface area is 248 Å². The maximum absolute atomic E-state index is 13.8. The van der Waals surface area contributed by atoms with E-state index in [0.717, 1.165) is 22.3 Å². The van der Waals surface area contributed by atoms with Crippen molar-refractivity contribution in [1.82, 2.24) is 10.4 Å². The summed E-state index contributed by atoms with van der Waals surface area (Å²) in [6.45, 7) is 0.356. The van der Waals surface area contributed by atoms with Gasteiger partial charge in [-0.25, -0.2) is 0 Å². The third kappa shape index (κ3) is 5.36. The van der Waals surface area contributed by atoms with Crippen LogP contribution in [0.4, 0.5) is 0 Å². The molecule has 2 heterocycles. The highest BCUT2D eigenvalue weighted by molar-refractivity contribution is 6.30. The van der Waals surface area contributed by atoms with Crippen LogP contribution in [0.2, 0.25) is 5.02 Å². The van der Waals surface area contributed by atoms with Crippen LogP contribution in [-0.4, -0.2) is 59.0 Å². The molecule has 3 fully saturated rings. The first-order valence-corrected chi connectivity index (χ1v) is 14.0. The molecule has 10 heteroatoms. The Morgan fingerprint density at radius 1 is 1.10 bits per heavy atom. The maximum atomic E-state index is 13.8. The summed E-state index contributed by atoms with van der Waals surface area (Å²) in [6.07, 6.45) is -1.75. The van der Waals surface area contributed by atoms with Gasteiger partial charge in [-0.15, -0.1) is 0 Å². The number of carbonyl (C=O) groups is 2. The molecular formula is C32H30ClN3O6. The molecule has 1 aliphatic carbocycles. The summed E-state index contributed by atoms with van der Waals surface area (Å²) in [6, 6.07) is 21.2. The third-order valence-electron chi connectivity index (χ3n) is 8.12. The van der Waals surface area contributed by atoms with E-state index in [1.807, 2.05) is 60.7 Å². The van der Waals surface area contributed by atoms with Gasteiger partial charge >= 0.3 is 0 Å². The summed E-state index contributed by atoms with van der Waals surface area (Å²) in [7, 11) is 1.56. The lowest BCUT2D eigenvalue weighted by Gasteiger charge is -2.35. The third-order valence-corrected chi connectivity index (χ3v) is 8.37. The van der Waals surface area contributed by atoms with E-state index < -0.39 is 41.6 Å². The Morgan fingerprint density at radius 3 is 2.43 bits per heavy atom. The van der Waals surface area contributed by atoms with Gasteiger partial charge in [0.05, 0.1) is 31.8 Å². The zero-order chi connectivity index (χ0) is 29.4. The van der Waals surface area contributed by atoms with E-state index in [1.165, 1.54) is 5.06 Å². The molecule has 0 radical (unpaired) electrons. The first kappa shape index (κ1) is 28.2. The molecule has 0 bridgehead atoms. The predicted molar refractivity (Wildman–Crippen MR) is 154 cm³/mol. The summed E-state index contributed by atoms with van der Waals surface area (Å²) in [5, 5.41) is 16.3. The van der Waals surface area contributed by atoms with E-state index in [9.17, 15) is 14.7 Å². The minimum atomic E-state index is -1.58. The van der Waals surface area contributed by atoms with E-state index in [1.54, 1.807) is 19.2 Å². The number of hydrogen-bond acceptors (Lipinski definition) is 7. The van der Waals surface area contributed by atoms with Gasteiger partial charge in [-0.1, -0.05) is 53.8 Å². The number of fused-ring (bicyclic) bond motifs is 2. The summed E-state index contributed by atoms with van der Waals surface area (Å²) < 4.78 is 11.0. The van der Waals surface area contributed by atoms with Crippen LogP contribution in [0, 0.1) is 17.8 Å². The fourth-order valence-corrected chi connectivity index (χ4v) is 6.07. The number of para-hydroxylation sites is 1. The number of hydrogen-bond donors (Lipinski definition) is 3. The Morgan fingerprint density at radius 2 is 1.76 bits per heavy atom. The average molecular weight is 588 g/mol. The topological polar surface area (TPSA) is 127 Å². The second kappa shape index (κ2) is 11.4. The lowest BCUT2D eigenvalue weighted by molar-refractivity contribution is -0.217. The largest absolute Gasteiger partial charge is 0.496 e. The number of ether oxygens (including phenoxy) is 2. The summed E-state index contributed by atoms with van der Waals surface area (Å²) >= 11 is 5.95. The number of methoxy groups -OCH3 is 1. The van der Waals surface area contributed by atoms with Crippen LogP contribution < -0.4 is 15.8 Å². The standard InChI is InChI=1S/C32H30ClN3O6/c1-40-24-5-3-2-4-22(24)17-35-30(38)27-26-28(37)29-25(41-29)16-32(26,31(34)39)42-36(27)18-21-10-8-19(9-11-21)6-7-20-12-14-23(33)15-13-20/h2-5,8-15,25-29,37H,16-18H2,1H3,(H2,34,39)(H,35,38)/t25?,26-,27+,28?,29?,32+/m1/s1. The SMILES string of the molecule is COc1ccccc1CNC(=O)[C@@H]1[C@@H]2C(O)C3OC3C[C@]2(C(N)=O)ON1Cc1ccc(C#Cc2ccc(Cl)cc2)cc1. The molecule has 2 amide bonds. The fraction of sp³-hybridized carbons (Fsp3) is 0.312. The molecule has 1 saturated carbocycles. The zero-order valence-electron chi connectivity index (χ0n) is 22.8. The molecule has 42 heavy (non-hydrogen) atoms. The molecule has 3 aromatic carbocycles. The quantitative estimate of drug-likeness (QED) is 0.286. The fourth-order valence-electron chi connectivity index (χ4n) is 5.94. The highest BCUT2D eigenvalue weighted by atomic mass is 35.5. The molecule has 3 aromatic rings. The molecular weight excluding hydrogens is 558 g/mol. The lowest BCUT2D eigenvalue weighted by Crippen LogP contribution is -2.60. The van der Waals surface area contributed by atoms with Crippen molar-refractivity contribution in [2.75, 3.05) is 7.11 Å². The highest BCUT2D eigenvalue weighted by Gasteiger charge is 2.72. The Hall–Kier alpha value is -3.91. The number of carbonyl (C=O) groups excluding carboxylic acids is 2. The first-order chi connectivity index (χ1) is 20.3. The van der Waals surface area contributed by atoms with Crippen molar-refractivity contribution in [1.29, 1.82) is 0 Å². The van der Waals surface area contributed by atoms with Crippen LogP contribution in [0.3, 0.4) is 0 Å². The van der Waals surface area contributed by atoms with E-state index in [4.69, 9.17) is 31.6 Å². The number of amides is 2. The number of nitrogens with zero attached hydrogens (tertiary/aromatic N) is 1. The first-order valence-electron chi connectivity index (χ1n) is 13.6. The van der Waals surface area contributed by atoms with Crippen LogP contribution in [0.15, 0.2) is 72.8 Å². The zero-order valence-corrected chi connectivity index (χ0v) is 23.6. The normalized spacial score (nSPS) is 27.6. The van der Waals surface area contributed by atoms with E-state index in [0.29, 0.717) is 10.8 Å². The number of nitrogens with one attached hydrogen (secondary N) is 1. The number of halogens is 1. The minimum absolute atomic E-state index is 0.167. The van der Waals surface area contributed by atoms with Crippen molar-refractivity contribution in [3.8, 4) is 17.6 Å². The van der Waals surface area contributed by atoms with Gasteiger partial charge in [0, 0.05) is 34.7 Å². The number of rotatable bonds is 7. The monoisotopic (exact) mass is 587 g/mol. The van der Waals surface area contributed by atoms with E-state index in [-0.39, 0.29) is 25.6 Å². The molecule has 0 spiro atoms. The predicted octanol–water partition coefficient (Wildman–Crippen LogP) is 2.55. The van der Waals surface area contributed by atoms with Crippen LogP contribution in [0.25, 0.3) is 0 Å². The van der Waals surface area contributed by atoms with Crippen molar-refractivity contribution < 1.29 is 29.0 Å². The summed E-state index contributed by atoms with van der Waals surface area (Å²) in [4.78, 5) is 32.9. The van der Waals surface area contributed by atoms with Crippen LogP contribution >= 0.6 is 11.6 Å². The van der Waals surface area contributed by atoms with Crippen LogP contribution in [0.1, 0.15) is 28.7 Å². The van der Waals surface area contributed by atoms with Gasteiger partial charge in [-0.2, -0.15) is 5.06 Å². The van der Waals surface area contributed by atoms with E-state index >= 15 is 0 Å². The van der Waals surface area contributed by atoms with Gasteiger partial charge in [0.15, 0.2) is 5.60 Å². The molecule has 2 aliphatic heterocycles. The van der Waals surface area contributed by atoms with Gasteiger partial charge in [-0.05, 0) is 48.0 Å². The number of primary amides is 1. The van der Waals surface area contributed by atoms with Gasteiger partial charge in [-0.3, -0.25) is 14.4 Å². The Balaban J connectivity index is 1.25. The molecule has 3 aliphatic rings. The molecule has 4 N–H and O–H groups in total. The summed E-state index contributed by atoms with van der Waals surface area (Å²) in [5.74, 6) is 4.81. The highest BCUT2D eigenvalue weighted by Crippen LogP contribution is 2.53. The number of nitrogens with two attached hydrogens (primary N) is 1. The number of aliphatic hydroxyl groups is 1. The minimum Gasteiger partial charge on any atom is -0.496 e. The second-order valence-electron chi connectivity index (χ2n) is 10.7. The van der Waals surface area contributed by atoms with Gasteiger partial charge in [0.2, 0.25) is 5.91 Å². The smallest absolute Gasteiger partial charge is 0.252 e. The Bertz CT molecular complexity index is 1550. The molecule has 6 rings (SSSR count). The molecule has 9 nitrogen and oxygen atoms in total. The Kier molecular flexibility index (Phi) is 7.66. The number of benzene rings is 3. The molecule has 2 saturated heterocycles. The van der Waals surface area contributed by atoms with Crippen LogP contribution in [-0.2, 0) is 32.3 Å². The van der Waals surface area contributed by atoms with Crippen molar-refractivity contribution in [2.24, 2.45) is 11.7 Å². The van der Waals surface area contributed by atoms with Crippen molar-refractivity contribution in [2.45, 2.75) is 49.5 Å². The van der Waals surface area contributed by atoms with Gasteiger partial charge in [0.1, 0.15) is 17.9 Å². The van der Waals surface area contributed by atoms with Crippen molar-refractivity contribution in [3.63, 3.8) is 0 Å². The van der Waals surface area contributed by atoms with Crippen molar-refractivity contribution in [3.05, 3.63) is 100 Å².